The molecule has 1 saturated heterocycles. The molecule has 2 aliphatic rings. The van der Waals surface area contributed by atoms with Crippen LogP contribution in [0.5, 0.6) is 0 Å². The van der Waals surface area contributed by atoms with Crippen LogP contribution in [-0.4, -0.2) is 47.3 Å². The summed E-state index contributed by atoms with van der Waals surface area (Å²) in [7, 11) is 0. The van der Waals surface area contributed by atoms with Gasteiger partial charge in [-0.25, -0.2) is 0 Å². The fourth-order valence-electron chi connectivity index (χ4n) is 5.12. The van der Waals surface area contributed by atoms with Crippen LogP contribution in [0.25, 0.3) is 5.69 Å². The number of pyridine rings is 1. The standard InChI is InChI=1S/C28H28ClN3O3/c1-28(2)16-22-23(24(33)17-28)18-32(21-6-4-3-5-7-21)27(35)25(22)26(34)31-14-12-30(13-15-31)20-10-8-19(29)9-11-20/h3-11,18H,12-17H2,1-2H3. The highest BCUT2D eigenvalue weighted by molar-refractivity contribution is 6.30. The van der Waals surface area contributed by atoms with Crippen LogP contribution in [0.1, 0.15) is 46.5 Å². The van der Waals surface area contributed by atoms with Gasteiger partial charge in [-0.05, 0) is 53.8 Å². The predicted molar refractivity (Wildman–Crippen MR) is 138 cm³/mol. The van der Waals surface area contributed by atoms with Gasteiger partial charge < -0.3 is 9.80 Å². The lowest BCUT2D eigenvalue weighted by Gasteiger charge is -2.37. The van der Waals surface area contributed by atoms with Crippen LogP contribution in [0.2, 0.25) is 5.02 Å². The molecule has 0 N–H and O–H groups in total. The van der Waals surface area contributed by atoms with Crippen molar-refractivity contribution in [2.24, 2.45) is 5.41 Å². The minimum atomic E-state index is -0.370. The van der Waals surface area contributed by atoms with Crippen LogP contribution >= 0.6 is 11.6 Å². The summed E-state index contributed by atoms with van der Waals surface area (Å²) in [5.74, 6) is -0.319. The zero-order valence-electron chi connectivity index (χ0n) is 20.0. The minimum Gasteiger partial charge on any atom is -0.368 e. The van der Waals surface area contributed by atoms with Gasteiger partial charge in [-0.2, -0.15) is 0 Å². The Labute approximate surface area is 209 Å². The first-order chi connectivity index (χ1) is 16.7. The molecule has 1 amide bonds. The second-order valence-corrected chi connectivity index (χ2v) is 10.5. The first-order valence-electron chi connectivity index (χ1n) is 11.9. The van der Waals surface area contributed by atoms with E-state index in [1.165, 1.54) is 4.57 Å². The molecule has 180 valence electrons. The Morgan fingerprint density at radius 3 is 2.17 bits per heavy atom. The smallest absolute Gasteiger partial charge is 0.268 e. The fraction of sp³-hybridized carbons (Fsp3) is 0.321. The van der Waals surface area contributed by atoms with Crippen molar-refractivity contribution in [3.8, 4) is 5.69 Å². The number of hydrogen-bond donors (Lipinski definition) is 0. The predicted octanol–water partition coefficient (Wildman–Crippen LogP) is 4.61. The first-order valence-corrected chi connectivity index (χ1v) is 12.3. The number of para-hydroxylation sites is 1. The number of fused-ring (bicyclic) bond motifs is 1. The monoisotopic (exact) mass is 489 g/mol. The van der Waals surface area contributed by atoms with Crippen molar-refractivity contribution < 1.29 is 9.59 Å². The molecule has 0 radical (unpaired) electrons. The number of piperazine rings is 1. The Balaban J connectivity index is 1.51. The van der Waals surface area contributed by atoms with E-state index >= 15 is 0 Å². The van der Waals surface area contributed by atoms with E-state index in [1.807, 2.05) is 68.4 Å². The average molecular weight is 490 g/mol. The van der Waals surface area contributed by atoms with E-state index in [1.54, 1.807) is 11.1 Å². The number of anilines is 1. The van der Waals surface area contributed by atoms with Gasteiger partial charge in [0, 0.05) is 60.8 Å². The minimum absolute atomic E-state index is 0.0254. The number of halogens is 1. The van der Waals surface area contributed by atoms with Crippen LogP contribution in [-0.2, 0) is 6.42 Å². The van der Waals surface area contributed by atoms with E-state index in [9.17, 15) is 14.4 Å². The summed E-state index contributed by atoms with van der Waals surface area (Å²) in [6, 6.07) is 16.8. The molecule has 5 rings (SSSR count). The molecule has 2 heterocycles. The molecule has 1 aliphatic carbocycles. The third kappa shape index (κ3) is 4.50. The molecule has 3 aromatic rings. The van der Waals surface area contributed by atoms with E-state index in [4.69, 9.17) is 11.6 Å². The highest BCUT2D eigenvalue weighted by atomic mass is 35.5. The number of ketones is 1. The Morgan fingerprint density at radius 2 is 1.51 bits per heavy atom. The van der Waals surface area contributed by atoms with E-state index in [-0.39, 0.29) is 28.2 Å². The van der Waals surface area contributed by atoms with Gasteiger partial charge in [-0.1, -0.05) is 43.6 Å². The molecule has 1 aliphatic heterocycles. The number of rotatable bonds is 3. The second kappa shape index (κ2) is 9.00. The van der Waals surface area contributed by atoms with Crippen molar-refractivity contribution >= 4 is 29.0 Å². The Morgan fingerprint density at radius 1 is 0.857 bits per heavy atom. The number of nitrogens with zero attached hydrogens (tertiary/aromatic N) is 3. The molecule has 35 heavy (non-hydrogen) atoms. The summed E-state index contributed by atoms with van der Waals surface area (Å²) in [5, 5.41) is 0.684. The zero-order chi connectivity index (χ0) is 24.7. The summed E-state index contributed by atoms with van der Waals surface area (Å²) >= 11 is 6.02. The third-order valence-electron chi connectivity index (χ3n) is 6.92. The van der Waals surface area contributed by atoms with E-state index in [0.29, 0.717) is 60.9 Å². The molecule has 2 aromatic carbocycles. The van der Waals surface area contributed by atoms with Crippen LogP contribution in [0, 0.1) is 5.41 Å². The van der Waals surface area contributed by atoms with Gasteiger partial charge in [0.15, 0.2) is 5.78 Å². The Kier molecular flexibility index (Phi) is 6.01. The Hall–Kier alpha value is -3.38. The normalized spacial score (nSPS) is 17.3. The molecule has 0 bridgehead atoms. The summed E-state index contributed by atoms with van der Waals surface area (Å²) < 4.78 is 1.45. The van der Waals surface area contributed by atoms with E-state index < -0.39 is 0 Å². The highest BCUT2D eigenvalue weighted by Gasteiger charge is 2.37. The fourth-order valence-corrected chi connectivity index (χ4v) is 5.25. The molecule has 0 spiro atoms. The van der Waals surface area contributed by atoms with Gasteiger partial charge in [-0.15, -0.1) is 0 Å². The molecule has 1 fully saturated rings. The maximum atomic E-state index is 13.8. The first kappa shape index (κ1) is 23.4. The second-order valence-electron chi connectivity index (χ2n) is 10.1. The molecular weight excluding hydrogens is 462 g/mol. The van der Waals surface area contributed by atoms with E-state index in [2.05, 4.69) is 4.90 Å². The van der Waals surface area contributed by atoms with Gasteiger partial charge in [0.25, 0.3) is 11.5 Å². The van der Waals surface area contributed by atoms with Crippen molar-refractivity contribution in [2.75, 3.05) is 31.1 Å². The molecule has 1 aromatic heterocycles. The van der Waals surface area contributed by atoms with Crippen molar-refractivity contribution in [2.45, 2.75) is 26.7 Å². The van der Waals surface area contributed by atoms with Crippen molar-refractivity contribution in [3.05, 3.63) is 92.9 Å². The summed E-state index contributed by atoms with van der Waals surface area (Å²) in [6.07, 6.45) is 2.53. The quantitative estimate of drug-likeness (QED) is 0.539. The largest absolute Gasteiger partial charge is 0.368 e. The third-order valence-corrected chi connectivity index (χ3v) is 7.17. The van der Waals surface area contributed by atoms with Crippen LogP contribution in [0.15, 0.2) is 65.6 Å². The van der Waals surface area contributed by atoms with Gasteiger partial charge >= 0.3 is 0 Å². The number of carbonyl (C=O) groups excluding carboxylic acids is 2. The number of hydrogen-bond acceptors (Lipinski definition) is 4. The van der Waals surface area contributed by atoms with Gasteiger partial charge in [0.1, 0.15) is 5.56 Å². The lowest BCUT2D eigenvalue weighted by Crippen LogP contribution is -2.50. The maximum Gasteiger partial charge on any atom is 0.268 e. The van der Waals surface area contributed by atoms with Gasteiger partial charge in [0.05, 0.1) is 0 Å². The lowest BCUT2D eigenvalue weighted by molar-refractivity contribution is 0.0742. The molecule has 0 saturated carbocycles. The zero-order valence-corrected chi connectivity index (χ0v) is 20.7. The summed E-state index contributed by atoms with van der Waals surface area (Å²) in [5.41, 5.74) is 2.22. The van der Waals surface area contributed by atoms with Crippen LogP contribution in [0.3, 0.4) is 0 Å². The molecule has 0 unspecified atom stereocenters. The molecular formula is C28H28ClN3O3. The number of Topliss-reactive ketones (excluding diaryl/α,β-unsaturated/α-hetero) is 1. The number of carbonyl (C=O) groups is 2. The summed E-state index contributed by atoms with van der Waals surface area (Å²) in [4.78, 5) is 44.6. The summed E-state index contributed by atoms with van der Waals surface area (Å²) in [6.45, 7) is 6.31. The SMILES string of the molecule is CC1(C)CC(=O)c2cn(-c3ccccc3)c(=O)c(C(=O)N3CCN(c4ccc(Cl)cc4)CC3)c2C1. The van der Waals surface area contributed by atoms with Gasteiger partial charge in [0.2, 0.25) is 0 Å². The number of benzene rings is 2. The highest BCUT2D eigenvalue weighted by Crippen LogP contribution is 2.36. The maximum absolute atomic E-state index is 13.8. The molecule has 0 atom stereocenters. The Bertz CT molecular complexity index is 1340. The van der Waals surface area contributed by atoms with Crippen LogP contribution < -0.4 is 10.5 Å². The van der Waals surface area contributed by atoms with Crippen molar-refractivity contribution in [1.29, 1.82) is 0 Å². The van der Waals surface area contributed by atoms with Crippen molar-refractivity contribution in [1.82, 2.24) is 9.47 Å². The lowest BCUT2D eigenvalue weighted by atomic mass is 9.73. The van der Waals surface area contributed by atoms with Crippen molar-refractivity contribution in [3.63, 3.8) is 0 Å². The average Bonchev–Trinajstić information content (AvgIpc) is 2.84. The molecule has 6 nitrogen and oxygen atoms in total. The number of aromatic nitrogens is 1. The topological polar surface area (TPSA) is 62.6 Å². The molecule has 7 heteroatoms. The van der Waals surface area contributed by atoms with Gasteiger partial charge in [-0.3, -0.25) is 19.0 Å². The van der Waals surface area contributed by atoms with Crippen LogP contribution in [0.4, 0.5) is 5.69 Å². The van der Waals surface area contributed by atoms with E-state index in [0.717, 1.165) is 5.69 Å². The number of amides is 1.